The van der Waals surface area contributed by atoms with Gasteiger partial charge >= 0.3 is 6.18 Å². The van der Waals surface area contributed by atoms with Crippen molar-refractivity contribution in [3.8, 4) is 11.3 Å². The van der Waals surface area contributed by atoms with Crippen LogP contribution in [0.15, 0.2) is 55.6 Å². The molecule has 1 aromatic carbocycles. The molecule has 9 nitrogen and oxygen atoms in total. The SMILES string of the molecule is C=CCn1cc(-c2cnc3c(Nc4ccc(C(=O)N5CCC(CN)CC5)c(CC)c4)nccn23)c(C(F)(F)F)n1. The Labute approximate surface area is 229 Å². The highest BCUT2D eigenvalue weighted by Crippen LogP contribution is 2.37. The van der Waals surface area contributed by atoms with Crippen molar-refractivity contribution >= 4 is 23.1 Å². The minimum absolute atomic E-state index is 0.00876. The van der Waals surface area contributed by atoms with Crippen molar-refractivity contribution in [3.05, 3.63) is 72.5 Å². The molecule has 1 aliphatic rings. The topological polar surface area (TPSA) is 106 Å². The molecule has 1 aliphatic heterocycles. The average molecular weight is 553 g/mol. The van der Waals surface area contributed by atoms with E-state index in [0.29, 0.717) is 54.7 Å². The number of amides is 1. The van der Waals surface area contributed by atoms with Gasteiger partial charge in [0.2, 0.25) is 0 Å². The number of nitrogens with one attached hydrogen (secondary N) is 1. The number of allylic oxidation sites excluding steroid dienone is 1. The summed E-state index contributed by atoms with van der Waals surface area (Å²) in [6.07, 6.45) is 5.06. The van der Waals surface area contributed by atoms with Crippen LogP contribution < -0.4 is 11.1 Å². The summed E-state index contributed by atoms with van der Waals surface area (Å²) in [5.74, 6) is 0.836. The van der Waals surface area contributed by atoms with Crippen LogP contribution in [0, 0.1) is 5.92 Å². The Morgan fingerprint density at radius 2 is 2.02 bits per heavy atom. The molecule has 1 amide bonds. The molecule has 40 heavy (non-hydrogen) atoms. The van der Waals surface area contributed by atoms with Crippen LogP contribution in [-0.2, 0) is 19.1 Å². The van der Waals surface area contributed by atoms with E-state index >= 15 is 0 Å². The molecule has 4 heterocycles. The van der Waals surface area contributed by atoms with Gasteiger partial charge in [0.05, 0.1) is 24.0 Å². The number of carbonyl (C=O) groups is 1. The summed E-state index contributed by atoms with van der Waals surface area (Å²) in [7, 11) is 0. The Balaban J connectivity index is 1.43. The standard InChI is InChI=1S/C28H31F3N8O/c1-3-10-38-17-22(24(36-38)28(29,30)31)23-16-34-26-25(33-9-13-39(23)26)35-20-5-6-21(19(4-2)14-20)27(40)37-11-7-18(15-32)8-12-37/h3,5-6,9,13-14,16-18H,1,4,7-8,10-12,15,32H2,2H3,(H,33,35). The lowest BCUT2D eigenvalue weighted by Gasteiger charge is -2.32. The van der Waals surface area contributed by atoms with E-state index in [2.05, 4.69) is 27.0 Å². The first-order chi connectivity index (χ1) is 19.2. The number of halogens is 3. The third-order valence-corrected chi connectivity index (χ3v) is 7.26. The number of aromatic nitrogens is 5. The number of rotatable bonds is 8. The lowest BCUT2D eigenvalue weighted by molar-refractivity contribution is -0.141. The van der Waals surface area contributed by atoms with E-state index in [1.807, 2.05) is 17.9 Å². The maximum Gasteiger partial charge on any atom is 0.435 e. The summed E-state index contributed by atoms with van der Waals surface area (Å²) >= 11 is 0. The monoisotopic (exact) mass is 552 g/mol. The van der Waals surface area contributed by atoms with Crippen molar-refractivity contribution in [1.82, 2.24) is 29.0 Å². The largest absolute Gasteiger partial charge is 0.435 e. The average Bonchev–Trinajstić information content (AvgIpc) is 3.58. The maximum absolute atomic E-state index is 13.8. The molecule has 3 aromatic heterocycles. The Hall–Kier alpha value is -4.19. The zero-order valence-electron chi connectivity index (χ0n) is 22.2. The Morgan fingerprint density at radius 3 is 2.70 bits per heavy atom. The number of nitrogens with zero attached hydrogens (tertiary/aromatic N) is 6. The number of hydrogen-bond donors (Lipinski definition) is 2. The van der Waals surface area contributed by atoms with Crippen molar-refractivity contribution < 1.29 is 18.0 Å². The number of benzene rings is 1. The van der Waals surface area contributed by atoms with Crippen LogP contribution in [0.2, 0.25) is 0 Å². The minimum atomic E-state index is -4.64. The molecule has 1 fully saturated rings. The predicted molar refractivity (Wildman–Crippen MR) is 146 cm³/mol. The van der Waals surface area contributed by atoms with Crippen LogP contribution in [0.4, 0.5) is 24.7 Å². The number of anilines is 2. The normalized spacial score (nSPS) is 14.6. The van der Waals surface area contributed by atoms with Crippen LogP contribution in [-0.4, -0.2) is 54.6 Å². The number of carbonyl (C=O) groups excluding carboxylic acids is 1. The van der Waals surface area contributed by atoms with Crippen molar-refractivity contribution in [2.24, 2.45) is 11.7 Å². The van der Waals surface area contributed by atoms with Crippen molar-refractivity contribution in [1.29, 1.82) is 0 Å². The van der Waals surface area contributed by atoms with Crippen LogP contribution in [0.3, 0.4) is 0 Å². The number of nitrogens with two attached hydrogens (primary N) is 1. The predicted octanol–water partition coefficient (Wildman–Crippen LogP) is 4.91. The number of piperidine rings is 1. The zero-order chi connectivity index (χ0) is 28.4. The van der Waals surface area contributed by atoms with E-state index < -0.39 is 11.9 Å². The molecular weight excluding hydrogens is 521 g/mol. The second kappa shape index (κ2) is 11.1. The number of likely N-dealkylation sites (tertiary alicyclic amines) is 1. The maximum atomic E-state index is 13.8. The summed E-state index contributed by atoms with van der Waals surface area (Å²) in [5.41, 5.74) is 7.52. The van der Waals surface area contributed by atoms with Gasteiger partial charge in [-0.1, -0.05) is 13.0 Å². The van der Waals surface area contributed by atoms with Gasteiger partial charge in [-0.2, -0.15) is 18.3 Å². The fourth-order valence-corrected chi connectivity index (χ4v) is 5.10. The summed E-state index contributed by atoms with van der Waals surface area (Å²) < 4.78 is 44.1. The molecule has 4 aromatic rings. The van der Waals surface area contributed by atoms with E-state index in [0.717, 1.165) is 18.4 Å². The summed E-state index contributed by atoms with van der Waals surface area (Å²) in [6.45, 7) is 7.73. The molecule has 5 rings (SSSR count). The number of imidazole rings is 1. The van der Waals surface area contributed by atoms with E-state index in [1.165, 1.54) is 29.3 Å². The van der Waals surface area contributed by atoms with Crippen molar-refractivity contribution in [3.63, 3.8) is 0 Å². The Kier molecular flexibility index (Phi) is 7.61. The van der Waals surface area contributed by atoms with Gasteiger partial charge in [0.1, 0.15) is 0 Å². The number of hydrogen-bond acceptors (Lipinski definition) is 6. The van der Waals surface area contributed by atoms with Crippen molar-refractivity contribution in [2.45, 2.75) is 38.9 Å². The van der Waals surface area contributed by atoms with E-state index in [-0.39, 0.29) is 23.7 Å². The van der Waals surface area contributed by atoms with Crippen LogP contribution in [0.1, 0.15) is 41.4 Å². The second-order valence-electron chi connectivity index (χ2n) is 9.83. The van der Waals surface area contributed by atoms with E-state index in [4.69, 9.17) is 5.73 Å². The quantitative estimate of drug-likeness (QED) is 0.301. The number of aryl methyl sites for hydroxylation is 1. The molecule has 1 saturated heterocycles. The zero-order valence-corrected chi connectivity index (χ0v) is 22.2. The molecular formula is C28H31F3N8O. The van der Waals surface area contributed by atoms with Crippen molar-refractivity contribution in [2.75, 3.05) is 25.0 Å². The molecule has 0 unspecified atom stereocenters. The molecule has 3 N–H and O–H groups in total. The highest BCUT2D eigenvalue weighted by atomic mass is 19.4. The van der Waals surface area contributed by atoms with E-state index in [9.17, 15) is 18.0 Å². The highest BCUT2D eigenvalue weighted by Gasteiger charge is 2.38. The van der Waals surface area contributed by atoms with Gasteiger partial charge in [0.15, 0.2) is 17.2 Å². The fraction of sp³-hybridized carbons (Fsp3) is 0.357. The molecule has 12 heteroatoms. The van der Waals surface area contributed by atoms with Gasteiger partial charge in [-0.15, -0.1) is 6.58 Å². The Morgan fingerprint density at radius 1 is 1.25 bits per heavy atom. The molecule has 0 aliphatic carbocycles. The van der Waals surface area contributed by atoms with Crippen LogP contribution in [0.25, 0.3) is 16.9 Å². The second-order valence-corrected chi connectivity index (χ2v) is 9.83. The molecule has 0 spiro atoms. The van der Waals surface area contributed by atoms with Gasteiger partial charge in [0, 0.05) is 42.9 Å². The molecule has 0 atom stereocenters. The first-order valence-corrected chi connectivity index (χ1v) is 13.2. The number of alkyl halides is 3. The molecule has 0 saturated carbocycles. The van der Waals surface area contributed by atoms with Gasteiger partial charge in [-0.3, -0.25) is 13.9 Å². The lowest BCUT2D eigenvalue weighted by atomic mass is 9.95. The third kappa shape index (κ3) is 5.31. The van der Waals surface area contributed by atoms with Gasteiger partial charge in [0.25, 0.3) is 5.91 Å². The van der Waals surface area contributed by atoms with E-state index in [1.54, 1.807) is 22.7 Å². The minimum Gasteiger partial charge on any atom is -0.339 e. The molecule has 0 bridgehead atoms. The van der Waals surface area contributed by atoms with Gasteiger partial charge < -0.3 is 16.0 Å². The Bertz CT molecular complexity index is 1530. The van der Waals surface area contributed by atoms with Gasteiger partial charge in [-0.05, 0) is 55.5 Å². The van der Waals surface area contributed by atoms with Crippen LogP contribution in [0.5, 0.6) is 0 Å². The first kappa shape index (κ1) is 27.4. The third-order valence-electron chi connectivity index (χ3n) is 7.26. The summed E-state index contributed by atoms with van der Waals surface area (Å²) in [4.78, 5) is 23.9. The lowest BCUT2D eigenvalue weighted by Crippen LogP contribution is -2.40. The fourth-order valence-electron chi connectivity index (χ4n) is 5.10. The van der Waals surface area contributed by atoms with Gasteiger partial charge in [-0.25, -0.2) is 9.97 Å². The smallest absolute Gasteiger partial charge is 0.339 e. The van der Waals surface area contributed by atoms with Crippen LogP contribution >= 0.6 is 0 Å². The first-order valence-electron chi connectivity index (χ1n) is 13.2. The molecule has 0 radical (unpaired) electrons. The summed E-state index contributed by atoms with van der Waals surface area (Å²) in [6, 6.07) is 5.50. The number of fused-ring (bicyclic) bond motifs is 1. The summed E-state index contributed by atoms with van der Waals surface area (Å²) in [5, 5.41) is 6.95. The molecule has 210 valence electrons. The highest BCUT2D eigenvalue weighted by molar-refractivity contribution is 5.96.